The predicted molar refractivity (Wildman–Crippen MR) is 99.0 cm³/mol. The van der Waals surface area contributed by atoms with E-state index in [0.717, 1.165) is 25.7 Å². The normalized spacial score (nSPS) is 20.7. The first-order valence-corrected chi connectivity index (χ1v) is 9.64. The molecule has 2 aliphatic rings. The summed E-state index contributed by atoms with van der Waals surface area (Å²) in [4.78, 5) is 25.4. The molecule has 3 rings (SSSR count). The third-order valence-corrected chi connectivity index (χ3v) is 6.15. The second kappa shape index (κ2) is 7.15. The number of Topliss-reactive ketones (excluding diaryl/α,β-unsaturated/α-hetero) is 2. The van der Waals surface area contributed by atoms with Gasteiger partial charge in [-0.05, 0) is 49.9 Å². The van der Waals surface area contributed by atoms with Gasteiger partial charge in [0, 0.05) is 16.7 Å². The van der Waals surface area contributed by atoms with Crippen molar-refractivity contribution in [2.24, 2.45) is 11.3 Å². The number of ketones is 2. The van der Waals surface area contributed by atoms with E-state index in [2.05, 4.69) is 13.8 Å². The van der Waals surface area contributed by atoms with Gasteiger partial charge in [0.15, 0.2) is 11.5 Å². The van der Waals surface area contributed by atoms with Gasteiger partial charge in [-0.2, -0.15) is 0 Å². The minimum Gasteiger partial charge on any atom is -0.504 e. The lowest BCUT2D eigenvalue weighted by Crippen LogP contribution is -2.32. The van der Waals surface area contributed by atoms with Gasteiger partial charge < -0.3 is 5.11 Å². The van der Waals surface area contributed by atoms with Crippen LogP contribution in [0.4, 0.5) is 0 Å². The van der Waals surface area contributed by atoms with Crippen LogP contribution in [-0.2, 0) is 0 Å². The molecule has 0 aliphatic heterocycles. The molecule has 2 aliphatic carbocycles. The van der Waals surface area contributed by atoms with Crippen molar-refractivity contribution in [1.82, 2.24) is 0 Å². The van der Waals surface area contributed by atoms with E-state index in [0.29, 0.717) is 22.1 Å². The van der Waals surface area contributed by atoms with Crippen molar-refractivity contribution < 1.29 is 14.7 Å². The molecule has 0 spiro atoms. The standard InChI is InChI=1S/C22H28O3/c1-3-11-22(12-4-2)13-9-15(10-14-22)18-19(23)16-7-5-6-8-17(16)20(24)21(18)25/h5-8,15,25H,3-4,9-14H2,1-2H3. The number of carbonyl (C=O) groups is 2. The Morgan fingerprint density at radius 1 is 0.960 bits per heavy atom. The molecule has 0 saturated heterocycles. The van der Waals surface area contributed by atoms with E-state index in [1.54, 1.807) is 24.3 Å². The van der Waals surface area contributed by atoms with E-state index in [4.69, 9.17) is 0 Å². The van der Waals surface area contributed by atoms with Crippen LogP contribution in [0.3, 0.4) is 0 Å². The van der Waals surface area contributed by atoms with Crippen molar-refractivity contribution in [2.75, 3.05) is 0 Å². The Bertz CT molecular complexity index is 698. The maximum absolute atomic E-state index is 12.9. The molecule has 1 fully saturated rings. The molecule has 0 unspecified atom stereocenters. The first-order chi connectivity index (χ1) is 12.0. The van der Waals surface area contributed by atoms with Gasteiger partial charge in [-0.3, -0.25) is 9.59 Å². The topological polar surface area (TPSA) is 54.4 Å². The van der Waals surface area contributed by atoms with E-state index >= 15 is 0 Å². The smallest absolute Gasteiger partial charge is 0.228 e. The number of aliphatic hydroxyl groups is 1. The van der Waals surface area contributed by atoms with Crippen LogP contribution in [0.25, 0.3) is 0 Å². The van der Waals surface area contributed by atoms with Crippen molar-refractivity contribution in [3.05, 3.63) is 46.7 Å². The van der Waals surface area contributed by atoms with Crippen LogP contribution >= 0.6 is 0 Å². The highest BCUT2D eigenvalue weighted by molar-refractivity contribution is 6.26. The van der Waals surface area contributed by atoms with Crippen LogP contribution in [-0.4, -0.2) is 16.7 Å². The van der Waals surface area contributed by atoms with Gasteiger partial charge in [-0.15, -0.1) is 0 Å². The van der Waals surface area contributed by atoms with Gasteiger partial charge in [-0.1, -0.05) is 51.0 Å². The third-order valence-electron chi connectivity index (χ3n) is 6.15. The van der Waals surface area contributed by atoms with Crippen LogP contribution in [0, 0.1) is 11.3 Å². The second-order valence-electron chi connectivity index (χ2n) is 7.74. The van der Waals surface area contributed by atoms with Crippen molar-refractivity contribution in [1.29, 1.82) is 0 Å². The largest absolute Gasteiger partial charge is 0.504 e. The maximum atomic E-state index is 12.9. The quantitative estimate of drug-likeness (QED) is 0.753. The molecule has 1 N–H and O–H groups in total. The number of hydrogen-bond donors (Lipinski definition) is 1. The highest BCUT2D eigenvalue weighted by Gasteiger charge is 2.40. The van der Waals surface area contributed by atoms with Gasteiger partial charge >= 0.3 is 0 Å². The SMILES string of the molecule is CCCC1(CCC)CCC(C2=C(O)C(=O)c3ccccc3C2=O)CC1. The third kappa shape index (κ3) is 3.17. The van der Waals surface area contributed by atoms with E-state index in [1.807, 2.05) is 0 Å². The van der Waals surface area contributed by atoms with Crippen molar-refractivity contribution in [3.63, 3.8) is 0 Å². The number of benzene rings is 1. The van der Waals surface area contributed by atoms with Crippen molar-refractivity contribution in [2.45, 2.75) is 65.2 Å². The Labute approximate surface area is 150 Å². The summed E-state index contributed by atoms with van der Waals surface area (Å²) in [6.07, 6.45) is 8.77. The molecule has 0 amide bonds. The minimum absolute atomic E-state index is 0.00615. The summed E-state index contributed by atoms with van der Waals surface area (Å²) in [5.74, 6) is -0.862. The summed E-state index contributed by atoms with van der Waals surface area (Å²) >= 11 is 0. The van der Waals surface area contributed by atoms with Crippen LogP contribution in [0.15, 0.2) is 35.6 Å². The molecule has 0 bridgehead atoms. The zero-order chi connectivity index (χ0) is 18.0. The van der Waals surface area contributed by atoms with Crippen LogP contribution < -0.4 is 0 Å². The lowest BCUT2D eigenvalue weighted by Gasteiger charge is -2.41. The molecule has 1 aromatic rings. The second-order valence-corrected chi connectivity index (χ2v) is 7.74. The van der Waals surface area contributed by atoms with E-state index < -0.39 is 5.78 Å². The summed E-state index contributed by atoms with van der Waals surface area (Å²) in [6.45, 7) is 4.47. The Hall–Kier alpha value is -1.90. The number of aliphatic hydroxyl groups excluding tert-OH is 1. The molecule has 0 heterocycles. The zero-order valence-electron chi connectivity index (χ0n) is 15.3. The van der Waals surface area contributed by atoms with Gasteiger partial charge in [0.25, 0.3) is 0 Å². The zero-order valence-corrected chi connectivity index (χ0v) is 15.3. The number of fused-ring (bicyclic) bond motifs is 1. The van der Waals surface area contributed by atoms with Gasteiger partial charge in [0.05, 0.1) is 0 Å². The highest BCUT2D eigenvalue weighted by atomic mass is 16.3. The van der Waals surface area contributed by atoms with Crippen molar-refractivity contribution >= 4 is 11.6 Å². The molecule has 0 radical (unpaired) electrons. The summed E-state index contributed by atoms with van der Waals surface area (Å²) in [6, 6.07) is 6.82. The van der Waals surface area contributed by atoms with E-state index in [9.17, 15) is 14.7 Å². The summed E-state index contributed by atoms with van der Waals surface area (Å²) in [5.41, 5.74) is 1.52. The summed E-state index contributed by atoms with van der Waals surface area (Å²) in [7, 11) is 0. The molecule has 3 heteroatoms. The molecular formula is C22H28O3. The number of hydrogen-bond acceptors (Lipinski definition) is 3. The number of allylic oxidation sites excluding steroid dienone is 2. The van der Waals surface area contributed by atoms with Gasteiger partial charge in [-0.25, -0.2) is 0 Å². The Morgan fingerprint density at radius 2 is 1.48 bits per heavy atom. The lowest BCUT2D eigenvalue weighted by molar-refractivity contribution is 0.0887. The maximum Gasteiger partial charge on any atom is 0.228 e. The molecule has 0 atom stereocenters. The van der Waals surface area contributed by atoms with Crippen LogP contribution in [0.1, 0.15) is 85.9 Å². The fourth-order valence-corrected chi connectivity index (χ4v) is 4.96. The molecule has 1 aromatic carbocycles. The predicted octanol–water partition coefficient (Wildman–Crippen LogP) is 5.65. The monoisotopic (exact) mass is 340 g/mol. The molecule has 3 nitrogen and oxygen atoms in total. The molecular weight excluding hydrogens is 312 g/mol. The summed E-state index contributed by atoms with van der Waals surface area (Å²) < 4.78 is 0. The Balaban J connectivity index is 1.85. The minimum atomic E-state index is -0.399. The molecule has 0 aromatic heterocycles. The van der Waals surface area contributed by atoms with Crippen LogP contribution in [0.2, 0.25) is 0 Å². The molecule has 1 saturated carbocycles. The average Bonchev–Trinajstić information content (AvgIpc) is 2.62. The molecule has 134 valence electrons. The van der Waals surface area contributed by atoms with Gasteiger partial charge in [0.1, 0.15) is 0 Å². The van der Waals surface area contributed by atoms with E-state index in [1.165, 1.54) is 25.7 Å². The Morgan fingerprint density at radius 3 is 2.00 bits per heavy atom. The average molecular weight is 340 g/mol. The number of rotatable bonds is 5. The molecule has 25 heavy (non-hydrogen) atoms. The Kier molecular flexibility index (Phi) is 5.12. The lowest BCUT2D eigenvalue weighted by atomic mass is 9.63. The first-order valence-electron chi connectivity index (χ1n) is 9.64. The van der Waals surface area contributed by atoms with Gasteiger partial charge in [0.2, 0.25) is 5.78 Å². The highest BCUT2D eigenvalue weighted by Crippen LogP contribution is 2.48. The van der Waals surface area contributed by atoms with Crippen LogP contribution in [0.5, 0.6) is 0 Å². The first kappa shape index (κ1) is 17.9. The number of carbonyl (C=O) groups excluding carboxylic acids is 2. The summed E-state index contributed by atoms with van der Waals surface area (Å²) in [5, 5.41) is 10.5. The fraction of sp³-hybridized carbons (Fsp3) is 0.545. The fourth-order valence-electron chi connectivity index (χ4n) is 4.96. The van der Waals surface area contributed by atoms with E-state index in [-0.39, 0.29) is 17.5 Å². The van der Waals surface area contributed by atoms with Crippen molar-refractivity contribution in [3.8, 4) is 0 Å².